The highest BCUT2D eigenvalue weighted by Crippen LogP contribution is 2.40. The van der Waals surface area contributed by atoms with Crippen LogP contribution in [-0.4, -0.2) is 11.1 Å². The summed E-state index contributed by atoms with van der Waals surface area (Å²) >= 11 is 12.0. The molecular weight excluding hydrogens is 251 g/mol. The topological polar surface area (TPSA) is 46.5 Å². The van der Waals surface area contributed by atoms with Crippen molar-refractivity contribution in [3.05, 3.63) is 45.1 Å². The number of rotatable bonds is 1. The molecule has 0 saturated carbocycles. The number of halogens is 2. The number of benzene rings is 1. The van der Waals surface area contributed by atoms with Gasteiger partial charge in [0, 0.05) is 21.2 Å². The fraction of sp³-hybridized carbons (Fsp3) is 0.182. The lowest BCUT2D eigenvalue weighted by atomic mass is 10.0. The number of carbonyl (C=O) groups is 1. The molecule has 5 heteroatoms. The molecule has 1 aromatic carbocycles. The summed E-state index contributed by atoms with van der Waals surface area (Å²) in [5.41, 5.74) is 0.917. The number of hydrogen-bond donors (Lipinski definition) is 1. The number of aliphatic hydroxyl groups is 1. The largest absolute Gasteiger partial charge is 0.502 e. The summed E-state index contributed by atoms with van der Waals surface area (Å²) in [5, 5.41) is 10.2. The van der Waals surface area contributed by atoms with E-state index in [1.807, 2.05) is 0 Å². The van der Waals surface area contributed by atoms with E-state index in [4.69, 9.17) is 27.9 Å². The van der Waals surface area contributed by atoms with Gasteiger partial charge in [0.15, 0.2) is 6.10 Å². The lowest BCUT2D eigenvalue weighted by Crippen LogP contribution is -2.04. The Kier molecular flexibility index (Phi) is 2.82. The van der Waals surface area contributed by atoms with Gasteiger partial charge in [0.2, 0.25) is 5.76 Å². The number of aliphatic hydroxyl groups excluding tert-OH is 1. The minimum absolute atomic E-state index is 0.374. The molecule has 0 fully saturated rings. The van der Waals surface area contributed by atoms with Crippen LogP contribution in [0, 0.1) is 0 Å². The Hall–Kier alpha value is -1.19. The molecule has 0 aliphatic carbocycles. The highest BCUT2D eigenvalue weighted by molar-refractivity contribution is 6.36. The van der Waals surface area contributed by atoms with Gasteiger partial charge in [0.05, 0.1) is 0 Å². The van der Waals surface area contributed by atoms with Crippen LogP contribution in [0.3, 0.4) is 0 Å². The molecule has 0 spiro atoms. The molecule has 0 bridgehead atoms. The van der Waals surface area contributed by atoms with Crippen molar-refractivity contribution in [3.63, 3.8) is 0 Å². The fourth-order valence-corrected chi connectivity index (χ4v) is 2.17. The Bertz CT molecular complexity index is 474. The third-order valence-electron chi connectivity index (χ3n) is 2.45. The highest BCUT2D eigenvalue weighted by Gasteiger charge is 2.34. The van der Waals surface area contributed by atoms with E-state index in [1.165, 1.54) is 0 Å². The van der Waals surface area contributed by atoms with Crippen molar-refractivity contribution in [2.45, 2.75) is 13.0 Å². The maximum Gasteiger partial charge on any atom is 0.374 e. The van der Waals surface area contributed by atoms with Crippen molar-refractivity contribution in [3.8, 4) is 0 Å². The first-order chi connectivity index (χ1) is 7.52. The van der Waals surface area contributed by atoms with E-state index in [0.29, 0.717) is 21.2 Å². The SMILES string of the molecule is CC1=C(O)C(=O)O[C@@H]1c1c(Cl)cccc1Cl. The van der Waals surface area contributed by atoms with Gasteiger partial charge in [0.1, 0.15) is 0 Å². The van der Waals surface area contributed by atoms with Crippen molar-refractivity contribution < 1.29 is 14.6 Å². The van der Waals surface area contributed by atoms with Gasteiger partial charge in [0.25, 0.3) is 0 Å². The summed E-state index contributed by atoms with van der Waals surface area (Å²) in [7, 11) is 0. The molecule has 0 unspecified atom stereocenters. The molecule has 1 atom stereocenters. The van der Waals surface area contributed by atoms with Crippen molar-refractivity contribution in [1.82, 2.24) is 0 Å². The highest BCUT2D eigenvalue weighted by atomic mass is 35.5. The van der Waals surface area contributed by atoms with E-state index in [0.717, 1.165) is 0 Å². The zero-order chi connectivity index (χ0) is 11.9. The molecule has 1 heterocycles. The zero-order valence-electron chi connectivity index (χ0n) is 8.33. The number of cyclic esters (lactones) is 1. The van der Waals surface area contributed by atoms with Gasteiger partial charge >= 0.3 is 5.97 Å². The second kappa shape index (κ2) is 4.00. The van der Waals surface area contributed by atoms with Crippen LogP contribution in [0.2, 0.25) is 10.0 Å². The lowest BCUT2D eigenvalue weighted by Gasteiger charge is -2.14. The van der Waals surface area contributed by atoms with Gasteiger partial charge in [-0.1, -0.05) is 29.3 Å². The molecule has 0 radical (unpaired) electrons. The Balaban J connectivity index is 2.52. The van der Waals surface area contributed by atoms with Crippen LogP contribution in [0.5, 0.6) is 0 Å². The van der Waals surface area contributed by atoms with Crippen LogP contribution in [0.15, 0.2) is 29.5 Å². The molecule has 16 heavy (non-hydrogen) atoms. The van der Waals surface area contributed by atoms with Gasteiger partial charge in [-0.15, -0.1) is 0 Å². The van der Waals surface area contributed by atoms with Crippen molar-refractivity contribution >= 4 is 29.2 Å². The molecule has 2 rings (SSSR count). The molecule has 0 aromatic heterocycles. The number of hydrogen-bond acceptors (Lipinski definition) is 3. The summed E-state index contributed by atoms with van der Waals surface area (Å²) < 4.78 is 5.00. The van der Waals surface area contributed by atoms with E-state index in [-0.39, 0.29) is 5.76 Å². The maximum atomic E-state index is 11.2. The maximum absolute atomic E-state index is 11.2. The van der Waals surface area contributed by atoms with Gasteiger partial charge in [-0.3, -0.25) is 0 Å². The lowest BCUT2D eigenvalue weighted by molar-refractivity contribution is -0.142. The molecule has 1 aliphatic heterocycles. The summed E-state index contributed by atoms with van der Waals surface area (Å²) in [6, 6.07) is 5.00. The number of carbonyl (C=O) groups excluding carboxylic acids is 1. The number of ether oxygens (including phenoxy) is 1. The first-order valence-corrected chi connectivity index (χ1v) is 5.32. The Morgan fingerprint density at radius 2 is 1.88 bits per heavy atom. The normalized spacial score (nSPS) is 20.2. The quantitative estimate of drug-likeness (QED) is 0.786. The summed E-state index contributed by atoms with van der Waals surface area (Å²) in [6.07, 6.45) is -0.700. The van der Waals surface area contributed by atoms with Crippen LogP contribution >= 0.6 is 23.2 Å². The Morgan fingerprint density at radius 1 is 1.31 bits per heavy atom. The molecule has 0 saturated heterocycles. The smallest absolute Gasteiger partial charge is 0.374 e. The van der Waals surface area contributed by atoms with Crippen molar-refractivity contribution in [1.29, 1.82) is 0 Å². The van der Waals surface area contributed by atoms with Gasteiger partial charge in [-0.25, -0.2) is 4.79 Å². The van der Waals surface area contributed by atoms with E-state index < -0.39 is 12.1 Å². The van der Waals surface area contributed by atoms with Gasteiger partial charge < -0.3 is 9.84 Å². The fourth-order valence-electron chi connectivity index (χ4n) is 1.57. The molecule has 0 amide bonds. The third kappa shape index (κ3) is 1.66. The van der Waals surface area contributed by atoms with Crippen LogP contribution < -0.4 is 0 Å². The third-order valence-corrected chi connectivity index (χ3v) is 3.11. The molecule has 1 aromatic rings. The monoisotopic (exact) mass is 258 g/mol. The second-order valence-electron chi connectivity index (χ2n) is 3.45. The minimum atomic E-state index is -0.751. The van der Waals surface area contributed by atoms with Crippen LogP contribution in [0.4, 0.5) is 0 Å². The zero-order valence-corrected chi connectivity index (χ0v) is 9.84. The summed E-state index contributed by atoms with van der Waals surface area (Å²) in [4.78, 5) is 11.2. The first kappa shape index (κ1) is 11.3. The average molecular weight is 259 g/mol. The van der Waals surface area contributed by atoms with Gasteiger partial charge in [-0.2, -0.15) is 0 Å². The van der Waals surface area contributed by atoms with Crippen molar-refractivity contribution in [2.24, 2.45) is 0 Å². The van der Waals surface area contributed by atoms with E-state index in [1.54, 1.807) is 25.1 Å². The predicted molar refractivity (Wildman–Crippen MR) is 60.6 cm³/mol. The summed E-state index contributed by atoms with van der Waals surface area (Å²) in [6.45, 7) is 1.60. The van der Waals surface area contributed by atoms with E-state index in [9.17, 15) is 9.90 Å². The van der Waals surface area contributed by atoms with Crippen LogP contribution in [-0.2, 0) is 9.53 Å². The van der Waals surface area contributed by atoms with E-state index >= 15 is 0 Å². The predicted octanol–water partition coefficient (Wildman–Crippen LogP) is 3.42. The molecule has 84 valence electrons. The number of esters is 1. The van der Waals surface area contributed by atoms with Gasteiger partial charge in [-0.05, 0) is 19.1 Å². The molecular formula is C11H8Cl2O3. The van der Waals surface area contributed by atoms with Crippen molar-refractivity contribution in [2.75, 3.05) is 0 Å². The Morgan fingerprint density at radius 3 is 2.31 bits per heavy atom. The van der Waals surface area contributed by atoms with Crippen LogP contribution in [0.25, 0.3) is 0 Å². The minimum Gasteiger partial charge on any atom is -0.502 e. The first-order valence-electron chi connectivity index (χ1n) is 4.57. The molecule has 3 nitrogen and oxygen atoms in total. The second-order valence-corrected chi connectivity index (χ2v) is 4.27. The average Bonchev–Trinajstić information content (AvgIpc) is 2.47. The standard InChI is InChI=1S/C11H8Cl2O3/c1-5-9(14)11(15)16-10(5)8-6(12)3-2-4-7(8)13/h2-4,10,14H,1H3/t10-/m0/s1. The molecule has 1 N–H and O–H groups in total. The molecule has 1 aliphatic rings. The Labute approximate surface area is 102 Å². The van der Waals surface area contributed by atoms with E-state index in [2.05, 4.69) is 0 Å². The summed E-state index contributed by atoms with van der Waals surface area (Å²) in [5.74, 6) is -1.13. The van der Waals surface area contributed by atoms with Crippen LogP contribution in [0.1, 0.15) is 18.6 Å².